The number of rotatable bonds is 4. The third kappa shape index (κ3) is 2.52. The van der Waals surface area contributed by atoms with Gasteiger partial charge in [0.05, 0.1) is 6.04 Å². The third-order valence-corrected chi connectivity index (χ3v) is 2.79. The van der Waals surface area contributed by atoms with Gasteiger partial charge in [0, 0.05) is 18.8 Å². The van der Waals surface area contributed by atoms with E-state index in [-0.39, 0.29) is 12.1 Å². The van der Waals surface area contributed by atoms with Gasteiger partial charge < -0.3 is 4.90 Å². The molecule has 0 bridgehead atoms. The van der Waals surface area contributed by atoms with Gasteiger partial charge in [0.2, 0.25) is 0 Å². The van der Waals surface area contributed by atoms with Crippen molar-refractivity contribution in [1.29, 1.82) is 0 Å². The maximum atomic E-state index is 12.1. The van der Waals surface area contributed by atoms with Crippen molar-refractivity contribution in [1.82, 2.24) is 9.80 Å². The maximum Gasteiger partial charge on any atom is 0.324 e. The van der Waals surface area contributed by atoms with Crippen molar-refractivity contribution in [3.8, 4) is 0 Å². The lowest BCUT2D eigenvalue weighted by atomic mass is 10.1. The molecule has 0 saturated heterocycles. The Morgan fingerprint density at radius 2 is 1.87 bits per heavy atom. The van der Waals surface area contributed by atoms with E-state index in [1.54, 1.807) is 0 Å². The van der Waals surface area contributed by atoms with E-state index >= 15 is 0 Å². The fourth-order valence-electron chi connectivity index (χ4n) is 2.04. The highest BCUT2D eigenvalue weighted by molar-refractivity contribution is 5.78. The molecule has 1 heterocycles. The highest BCUT2D eigenvalue weighted by atomic mass is 16.2. The predicted molar refractivity (Wildman–Crippen MR) is 62.6 cm³/mol. The van der Waals surface area contributed by atoms with Crippen molar-refractivity contribution in [3.05, 3.63) is 11.8 Å². The summed E-state index contributed by atoms with van der Waals surface area (Å²) >= 11 is 0. The van der Waals surface area contributed by atoms with E-state index in [2.05, 4.69) is 26.8 Å². The van der Waals surface area contributed by atoms with Crippen LogP contribution in [0.2, 0.25) is 0 Å². The molecular formula is C12H22N2O. The number of amides is 2. The summed E-state index contributed by atoms with van der Waals surface area (Å²) in [6.45, 7) is 9.99. The molecule has 0 saturated carbocycles. The maximum absolute atomic E-state index is 12.1. The van der Waals surface area contributed by atoms with Crippen LogP contribution in [0.25, 0.3) is 0 Å². The summed E-state index contributed by atoms with van der Waals surface area (Å²) in [5, 5.41) is 0. The summed E-state index contributed by atoms with van der Waals surface area (Å²) in [4.78, 5) is 16.0. The molecule has 3 nitrogen and oxygen atoms in total. The SMILES string of the molecule is CCCN1C(=O)N(CCC)C(C)C=C1C. The van der Waals surface area contributed by atoms with Gasteiger partial charge in [-0.15, -0.1) is 0 Å². The lowest BCUT2D eigenvalue weighted by molar-refractivity contribution is 0.147. The van der Waals surface area contributed by atoms with Crippen LogP contribution in [0.3, 0.4) is 0 Å². The number of carbonyl (C=O) groups is 1. The summed E-state index contributed by atoms with van der Waals surface area (Å²) < 4.78 is 0. The van der Waals surface area contributed by atoms with E-state index in [4.69, 9.17) is 0 Å². The zero-order valence-electron chi connectivity index (χ0n) is 10.3. The minimum absolute atomic E-state index is 0.172. The average molecular weight is 210 g/mol. The van der Waals surface area contributed by atoms with Gasteiger partial charge in [-0.25, -0.2) is 4.79 Å². The smallest absolute Gasteiger partial charge is 0.318 e. The number of nitrogens with zero attached hydrogens (tertiary/aromatic N) is 2. The molecule has 2 amide bonds. The Kier molecular flexibility index (Phi) is 4.18. The van der Waals surface area contributed by atoms with Crippen LogP contribution in [0.5, 0.6) is 0 Å². The van der Waals surface area contributed by atoms with Crippen molar-refractivity contribution in [3.63, 3.8) is 0 Å². The van der Waals surface area contributed by atoms with Crippen LogP contribution < -0.4 is 0 Å². The van der Waals surface area contributed by atoms with Gasteiger partial charge >= 0.3 is 6.03 Å². The first-order chi connectivity index (χ1) is 7.11. The van der Waals surface area contributed by atoms with Gasteiger partial charge in [0.15, 0.2) is 0 Å². The van der Waals surface area contributed by atoms with E-state index in [1.165, 1.54) is 0 Å². The minimum Gasteiger partial charge on any atom is -0.318 e. The van der Waals surface area contributed by atoms with Crippen molar-refractivity contribution < 1.29 is 4.79 Å². The molecule has 1 rings (SSSR count). The van der Waals surface area contributed by atoms with Crippen LogP contribution in [-0.2, 0) is 0 Å². The Balaban J connectivity index is 2.83. The van der Waals surface area contributed by atoms with Crippen LogP contribution in [0.4, 0.5) is 4.79 Å². The Hall–Kier alpha value is -0.990. The molecule has 0 N–H and O–H groups in total. The molecule has 0 aromatic rings. The molecule has 15 heavy (non-hydrogen) atoms. The highest BCUT2D eigenvalue weighted by Gasteiger charge is 2.28. The summed E-state index contributed by atoms with van der Waals surface area (Å²) in [5.41, 5.74) is 1.10. The van der Waals surface area contributed by atoms with Gasteiger partial charge in [-0.1, -0.05) is 13.8 Å². The van der Waals surface area contributed by atoms with Crippen molar-refractivity contribution in [2.24, 2.45) is 0 Å². The fraction of sp³-hybridized carbons (Fsp3) is 0.750. The summed E-state index contributed by atoms with van der Waals surface area (Å²) in [7, 11) is 0. The zero-order valence-corrected chi connectivity index (χ0v) is 10.3. The second kappa shape index (κ2) is 5.19. The Bertz CT molecular complexity index is 260. The van der Waals surface area contributed by atoms with E-state index in [9.17, 15) is 4.79 Å². The van der Waals surface area contributed by atoms with Crippen LogP contribution in [-0.4, -0.2) is 35.0 Å². The zero-order chi connectivity index (χ0) is 11.4. The van der Waals surface area contributed by atoms with E-state index in [0.717, 1.165) is 31.6 Å². The highest BCUT2D eigenvalue weighted by Crippen LogP contribution is 2.19. The molecule has 0 aromatic carbocycles. The molecule has 0 fully saturated rings. The lowest BCUT2D eigenvalue weighted by Gasteiger charge is -2.38. The first-order valence-corrected chi connectivity index (χ1v) is 5.88. The summed E-state index contributed by atoms with van der Waals surface area (Å²) in [6.07, 6.45) is 4.20. The van der Waals surface area contributed by atoms with Gasteiger partial charge in [-0.2, -0.15) is 0 Å². The van der Waals surface area contributed by atoms with Crippen molar-refractivity contribution >= 4 is 6.03 Å². The minimum atomic E-state index is 0.172. The normalized spacial score (nSPS) is 22.0. The Morgan fingerprint density at radius 1 is 1.27 bits per heavy atom. The van der Waals surface area contributed by atoms with Crippen LogP contribution in [0.1, 0.15) is 40.5 Å². The number of hydrogen-bond donors (Lipinski definition) is 0. The molecule has 0 spiro atoms. The van der Waals surface area contributed by atoms with E-state index in [1.807, 2.05) is 16.7 Å². The molecule has 0 aromatic heterocycles. The van der Waals surface area contributed by atoms with Gasteiger partial charge in [0.1, 0.15) is 0 Å². The quantitative estimate of drug-likeness (QED) is 0.700. The van der Waals surface area contributed by atoms with Crippen LogP contribution in [0.15, 0.2) is 11.8 Å². The number of urea groups is 1. The van der Waals surface area contributed by atoms with Crippen LogP contribution in [0, 0.1) is 0 Å². The molecule has 86 valence electrons. The average Bonchev–Trinajstić information content (AvgIpc) is 2.19. The number of hydrogen-bond acceptors (Lipinski definition) is 1. The van der Waals surface area contributed by atoms with E-state index < -0.39 is 0 Å². The first-order valence-electron chi connectivity index (χ1n) is 5.88. The van der Waals surface area contributed by atoms with Gasteiger partial charge in [-0.05, 0) is 32.8 Å². The van der Waals surface area contributed by atoms with Crippen LogP contribution >= 0.6 is 0 Å². The van der Waals surface area contributed by atoms with Crippen molar-refractivity contribution in [2.45, 2.75) is 46.6 Å². The van der Waals surface area contributed by atoms with E-state index in [0.29, 0.717) is 0 Å². The van der Waals surface area contributed by atoms with Gasteiger partial charge in [-0.3, -0.25) is 4.90 Å². The lowest BCUT2D eigenvalue weighted by Crippen LogP contribution is -2.50. The Morgan fingerprint density at radius 3 is 2.40 bits per heavy atom. The molecule has 0 radical (unpaired) electrons. The fourth-order valence-corrected chi connectivity index (χ4v) is 2.04. The number of carbonyl (C=O) groups excluding carboxylic acids is 1. The topological polar surface area (TPSA) is 23.6 Å². The molecule has 1 atom stereocenters. The predicted octanol–water partition coefficient (Wildman–Crippen LogP) is 2.84. The second-order valence-electron chi connectivity index (χ2n) is 4.18. The molecule has 0 aliphatic carbocycles. The number of allylic oxidation sites excluding steroid dienone is 1. The molecular weight excluding hydrogens is 188 g/mol. The molecule has 1 aliphatic rings. The summed E-state index contributed by atoms with van der Waals surface area (Å²) in [5.74, 6) is 0. The second-order valence-corrected chi connectivity index (χ2v) is 4.18. The first kappa shape index (κ1) is 12.1. The standard InChI is InChI=1S/C12H22N2O/c1-5-7-13-10(3)9-11(4)14(8-6-2)12(13)15/h9-10H,5-8H2,1-4H3. The largest absolute Gasteiger partial charge is 0.324 e. The molecule has 1 unspecified atom stereocenters. The summed E-state index contributed by atoms with van der Waals surface area (Å²) in [6, 6.07) is 0.414. The third-order valence-electron chi connectivity index (χ3n) is 2.79. The van der Waals surface area contributed by atoms with Crippen molar-refractivity contribution in [2.75, 3.05) is 13.1 Å². The molecule has 3 heteroatoms. The molecule has 1 aliphatic heterocycles. The monoisotopic (exact) mass is 210 g/mol. The van der Waals surface area contributed by atoms with Gasteiger partial charge in [0.25, 0.3) is 0 Å². The Labute approximate surface area is 92.7 Å².